The molecule has 2 aliphatic heterocycles. The molecule has 4 atom stereocenters. The molecular formula is C9H17NO3S. The second-order valence-corrected chi connectivity index (χ2v) is 5.46. The molecule has 2 aliphatic rings. The topological polar surface area (TPSA) is 63.9 Å². The monoisotopic (exact) mass is 219 g/mol. The molecular weight excluding hydrogens is 202 g/mol. The van der Waals surface area contributed by atoms with Crippen molar-refractivity contribution < 1.29 is 15.3 Å². The number of rotatable bonds is 0. The van der Waals surface area contributed by atoms with E-state index in [9.17, 15) is 15.3 Å². The number of β-amino-alcohol motifs (C(OH)–C–C–N with tert-alkyl or cyclic N) is 1. The van der Waals surface area contributed by atoms with E-state index >= 15 is 0 Å². The van der Waals surface area contributed by atoms with Gasteiger partial charge >= 0.3 is 0 Å². The van der Waals surface area contributed by atoms with Gasteiger partial charge < -0.3 is 15.3 Å². The number of nitrogens with zero attached hydrogens (tertiary/aromatic N) is 1. The first kappa shape index (κ1) is 10.7. The molecule has 0 radical (unpaired) electrons. The van der Waals surface area contributed by atoms with Gasteiger partial charge in [0.1, 0.15) is 12.2 Å². The molecule has 4 nitrogen and oxygen atoms in total. The third-order valence-electron chi connectivity index (χ3n) is 3.38. The standard InChI is InChI=1S/C9H17NO3S/c1-9-5-14-3-2-10(9)4-6(11)7(12)8(9)13/h6-8,11-13H,2-5H2,1H3/t6-,7+,8+,9+/m0/s1. The molecule has 0 aliphatic carbocycles. The molecule has 14 heavy (non-hydrogen) atoms. The van der Waals surface area contributed by atoms with E-state index in [0.29, 0.717) is 6.54 Å². The molecule has 0 aromatic heterocycles. The predicted molar refractivity (Wildman–Crippen MR) is 55.3 cm³/mol. The molecule has 2 fully saturated rings. The molecule has 0 aromatic rings. The van der Waals surface area contributed by atoms with Gasteiger partial charge in [0.25, 0.3) is 0 Å². The highest BCUT2D eigenvalue weighted by atomic mass is 32.2. The van der Waals surface area contributed by atoms with E-state index in [-0.39, 0.29) is 5.54 Å². The molecule has 5 heteroatoms. The van der Waals surface area contributed by atoms with Crippen LogP contribution in [0.25, 0.3) is 0 Å². The van der Waals surface area contributed by atoms with Crippen LogP contribution in [0.15, 0.2) is 0 Å². The Balaban J connectivity index is 2.21. The fourth-order valence-electron chi connectivity index (χ4n) is 2.28. The van der Waals surface area contributed by atoms with Crippen molar-refractivity contribution in [3.05, 3.63) is 0 Å². The summed E-state index contributed by atoms with van der Waals surface area (Å²) >= 11 is 1.79. The van der Waals surface area contributed by atoms with Crippen LogP contribution in [0.5, 0.6) is 0 Å². The van der Waals surface area contributed by atoms with Gasteiger partial charge in [-0.05, 0) is 6.92 Å². The second kappa shape index (κ2) is 3.64. The third-order valence-corrected chi connectivity index (χ3v) is 4.64. The van der Waals surface area contributed by atoms with E-state index in [4.69, 9.17) is 0 Å². The Bertz CT molecular complexity index is 224. The first-order valence-electron chi connectivity index (χ1n) is 4.93. The summed E-state index contributed by atoms with van der Waals surface area (Å²) in [6.07, 6.45) is -2.67. The molecule has 2 rings (SSSR count). The van der Waals surface area contributed by atoms with Gasteiger partial charge in [0.05, 0.1) is 11.6 Å². The highest BCUT2D eigenvalue weighted by molar-refractivity contribution is 7.99. The molecule has 2 heterocycles. The zero-order chi connectivity index (χ0) is 10.3. The van der Waals surface area contributed by atoms with Gasteiger partial charge in [-0.15, -0.1) is 0 Å². The number of fused-ring (bicyclic) bond motifs is 1. The van der Waals surface area contributed by atoms with E-state index in [1.165, 1.54) is 0 Å². The maximum atomic E-state index is 9.94. The summed E-state index contributed by atoms with van der Waals surface area (Å²) in [5.41, 5.74) is -0.373. The van der Waals surface area contributed by atoms with Gasteiger partial charge in [-0.1, -0.05) is 0 Å². The summed E-state index contributed by atoms with van der Waals surface area (Å²) in [7, 11) is 0. The molecule has 0 bridgehead atoms. The minimum atomic E-state index is -1.00. The smallest absolute Gasteiger partial charge is 0.109 e. The average molecular weight is 219 g/mol. The quantitative estimate of drug-likeness (QED) is 0.482. The van der Waals surface area contributed by atoms with Crippen molar-refractivity contribution in [2.75, 3.05) is 24.6 Å². The van der Waals surface area contributed by atoms with Gasteiger partial charge in [0.15, 0.2) is 0 Å². The normalized spacial score (nSPS) is 50.1. The highest BCUT2D eigenvalue weighted by Gasteiger charge is 2.50. The van der Waals surface area contributed by atoms with Crippen LogP contribution in [0.2, 0.25) is 0 Å². The van der Waals surface area contributed by atoms with Crippen LogP contribution in [0.1, 0.15) is 6.92 Å². The zero-order valence-electron chi connectivity index (χ0n) is 8.26. The lowest BCUT2D eigenvalue weighted by atomic mass is 9.83. The van der Waals surface area contributed by atoms with Gasteiger partial charge in [-0.2, -0.15) is 11.8 Å². The van der Waals surface area contributed by atoms with E-state index in [0.717, 1.165) is 18.1 Å². The summed E-state index contributed by atoms with van der Waals surface area (Å²) in [5.74, 6) is 1.85. The van der Waals surface area contributed by atoms with Crippen molar-refractivity contribution in [1.29, 1.82) is 0 Å². The van der Waals surface area contributed by atoms with Crippen LogP contribution in [0.4, 0.5) is 0 Å². The Morgan fingerprint density at radius 2 is 2.07 bits per heavy atom. The van der Waals surface area contributed by atoms with Crippen molar-refractivity contribution in [3.8, 4) is 0 Å². The van der Waals surface area contributed by atoms with Crippen LogP contribution >= 0.6 is 11.8 Å². The maximum absolute atomic E-state index is 9.94. The Labute approximate surface area is 87.9 Å². The Morgan fingerprint density at radius 1 is 1.36 bits per heavy atom. The number of thioether (sulfide) groups is 1. The van der Waals surface area contributed by atoms with E-state index < -0.39 is 18.3 Å². The summed E-state index contributed by atoms with van der Waals surface area (Å²) < 4.78 is 0. The van der Waals surface area contributed by atoms with Gasteiger partial charge in [0, 0.05) is 24.6 Å². The molecule has 0 aromatic carbocycles. The minimum Gasteiger partial charge on any atom is -0.389 e. The van der Waals surface area contributed by atoms with Crippen molar-refractivity contribution in [2.24, 2.45) is 0 Å². The lowest BCUT2D eigenvalue weighted by Crippen LogP contribution is -2.70. The van der Waals surface area contributed by atoms with Crippen LogP contribution in [0, 0.1) is 0 Å². The number of piperidine rings is 1. The number of aliphatic hydroxyl groups is 3. The maximum Gasteiger partial charge on any atom is 0.109 e. The third kappa shape index (κ3) is 1.47. The molecule has 2 saturated heterocycles. The Kier molecular flexibility index (Phi) is 2.79. The van der Waals surface area contributed by atoms with Crippen molar-refractivity contribution in [2.45, 2.75) is 30.8 Å². The first-order valence-corrected chi connectivity index (χ1v) is 6.08. The molecule has 0 unspecified atom stereocenters. The Hall–Kier alpha value is 0.190. The fourth-order valence-corrected chi connectivity index (χ4v) is 3.55. The first-order chi connectivity index (χ1) is 6.55. The SMILES string of the molecule is C[C@]12CSCCN1C[C@H](O)[C@@H](O)[C@H]2O. The van der Waals surface area contributed by atoms with E-state index in [2.05, 4.69) is 4.90 Å². The summed E-state index contributed by atoms with van der Waals surface area (Å²) in [5, 5.41) is 29.1. The van der Waals surface area contributed by atoms with E-state index in [1.54, 1.807) is 11.8 Å². The molecule has 0 amide bonds. The summed E-state index contributed by atoms with van der Waals surface area (Å²) in [6.45, 7) is 3.30. The fraction of sp³-hybridized carbons (Fsp3) is 1.00. The zero-order valence-corrected chi connectivity index (χ0v) is 9.07. The van der Waals surface area contributed by atoms with Gasteiger partial charge in [0.2, 0.25) is 0 Å². The van der Waals surface area contributed by atoms with Crippen molar-refractivity contribution >= 4 is 11.8 Å². The van der Waals surface area contributed by atoms with Crippen LogP contribution < -0.4 is 0 Å². The largest absolute Gasteiger partial charge is 0.389 e. The molecule has 3 N–H and O–H groups in total. The van der Waals surface area contributed by atoms with Gasteiger partial charge in [-0.3, -0.25) is 4.90 Å². The van der Waals surface area contributed by atoms with Crippen molar-refractivity contribution in [1.82, 2.24) is 4.90 Å². The minimum absolute atomic E-state index is 0.373. The van der Waals surface area contributed by atoms with Crippen LogP contribution in [-0.4, -0.2) is 68.7 Å². The second-order valence-electron chi connectivity index (χ2n) is 4.36. The molecule has 0 spiro atoms. The molecule has 82 valence electrons. The van der Waals surface area contributed by atoms with Crippen LogP contribution in [0.3, 0.4) is 0 Å². The van der Waals surface area contributed by atoms with Gasteiger partial charge in [-0.25, -0.2) is 0 Å². The lowest BCUT2D eigenvalue weighted by Gasteiger charge is -2.53. The Morgan fingerprint density at radius 3 is 2.79 bits per heavy atom. The molecule has 0 saturated carbocycles. The highest BCUT2D eigenvalue weighted by Crippen LogP contribution is 2.35. The number of hydrogen-bond donors (Lipinski definition) is 3. The summed E-state index contributed by atoms with van der Waals surface area (Å²) in [6, 6.07) is 0. The van der Waals surface area contributed by atoms with Crippen LogP contribution in [-0.2, 0) is 0 Å². The lowest BCUT2D eigenvalue weighted by molar-refractivity contribution is -0.163. The predicted octanol–water partition coefficient (Wildman–Crippen LogP) is -1.11. The van der Waals surface area contributed by atoms with Crippen molar-refractivity contribution in [3.63, 3.8) is 0 Å². The summed E-state index contributed by atoms with van der Waals surface area (Å²) in [4.78, 5) is 2.09. The van der Waals surface area contributed by atoms with E-state index in [1.807, 2.05) is 6.92 Å². The number of hydrogen-bond acceptors (Lipinski definition) is 5. The number of aliphatic hydroxyl groups excluding tert-OH is 3. The average Bonchev–Trinajstić information content (AvgIpc) is 2.17.